The van der Waals surface area contributed by atoms with Gasteiger partial charge in [0.1, 0.15) is 0 Å². The van der Waals surface area contributed by atoms with Crippen LogP contribution in [0.25, 0.3) is 22.2 Å². The molecule has 1 aromatic carbocycles. The number of aromatic nitrogens is 3. The summed E-state index contributed by atoms with van der Waals surface area (Å²) in [6.45, 7) is 4.46. The van der Waals surface area contributed by atoms with Gasteiger partial charge in [0.15, 0.2) is 0 Å². The normalized spacial score (nSPS) is 29.8. The number of nitrogens with zero attached hydrogens (tertiary/aromatic N) is 4. The third kappa shape index (κ3) is 5.05. The van der Waals surface area contributed by atoms with Gasteiger partial charge in [-0.25, -0.2) is 0 Å². The SMILES string of the molecule is [As]c1ncnc2c1c(-c1cccc(OCC34CCC(CC3)O4)c1)cn2C1CCC(CN2CCSCC2)CC1. The average molecular weight is 593 g/mol. The summed E-state index contributed by atoms with van der Waals surface area (Å²) in [5, 5.41) is 1.15. The fraction of sp³-hybridized carbons (Fsp3) is 0.600. The predicted octanol–water partition coefficient (Wildman–Crippen LogP) is 4.76. The summed E-state index contributed by atoms with van der Waals surface area (Å²) in [6, 6.07) is 9.05. The van der Waals surface area contributed by atoms with Gasteiger partial charge >= 0.3 is 228 Å². The van der Waals surface area contributed by atoms with E-state index in [1.54, 1.807) is 6.33 Å². The van der Waals surface area contributed by atoms with Crippen LogP contribution >= 0.6 is 11.8 Å². The molecule has 0 unspecified atom stereocenters. The Morgan fingerprint density at radius 3 is 2.63 bits per heavy atom. The summed E-state index contributed by atoms with van der Waals surface area (Å²) in [7, 11) is 0. The molecule has 8 heteroatoms. The molecule has 5 heterocycles. The van der Waals surface area contributed by atoms with Crippen LogP contribution in [0.3, 0.4) is 0 Å². The Bertz CT molecular complexity index is 1280. The summed E-state index contributed by atoms with van der Waals surface area (Å²) < 4.78 is 16.0. The zero-order chi connectivity index (χ0) is 25.5. The second-order valence-electron chi connectivity index (χ2n) is 11.8. The number of ether oxygens (including phenoxy) is 2. The first-order chi connectivity index (χ1) is 18.7. The first-order valence-electron chi connectivity index (χ1n) is 14.4. The van der Waals surface area contributed by atoms with E-state index in [1.165, 1.54) is 80.8 Å². The summed E-state index contributed by atoms with van der Waals surface area (Å²) >= 11 is 4.76. The second-order valence-corrected chi connectivity index (χ2v) is 13.9. The fourth-order valence-corrected chi connectivity index (χ4v) is 8.72. The van der Waals surface area contributed by atoms with Gasteiger partial charge in [-0.05, 0) is 0 Å². The van der Waals surface area contributed by atoms with Gasteiger partial charge in [0.05, 0.1) is 0 Å². The van der Waals surface area contributed by atoms with Crippen molar-refractivity contribution in [2.45, 2.75) is 69.1 Å². The number of thioether (sulfide) groups is 1. The van der Waals surface area contributed by atoms with Crippen LogP contribution in [0.15, 0.2) is 36.8 Å². The van der Waals surface area contributed by atoms with Crippen molar-refractivity contribution in [3.05, 3.63) is 36.8 Å². The van der Waals surface area contributed by atoms with Gasteiger partial charge in [-0.15, -0.1) is 0 Å². The monoisotopic (exact) mass is 592 g/mol. The first kappa shape index (κ1) is 25.4. The van der Waals surface area contributed by atoms with Crippen molar-refractivity contribution >= 4 is 44.1 Å². The fourth-order valence-electron chi connectivity index (χ4n) is 7.17. The van der Waals surface area contributed by atoms with Crippen LogP contribution in [0.5, 0.6) is 5.75 Å². The van der Waals surface area contributed by atoms with Crippen molar-refractivity contribution in [2.75, 3.05) is 37.7 Å². The maximum absolute atomic E-state index is 6.34. The molecule has 3 saturated heterocycles. The molecule has 4 aliphatic rings. The van der Waals surface area contributed by atoms with E-state index in [1.807, 2.05) is 0 Å². The Morgan fingerprint density at radius 2 is 1.87 bits per heavy atom. The molecule has 1 aliphatic carbocycles. The Kier molecular flexibility index (Phi) is 7.23. The quantitative estimate of drug-likeness (QED) is 0.369. The van der Waals surface area contributed by atoms with Crippen molar-refractivity contribution in [3.8, 4) is 16.9 Å². The minimum absolute atomic E-state index is 0.0651. The van der Waals surface area contributed by atoms with Crippen LogP contribution in [0.2, 0.25) is 0 Å². The van der Waals surface area contributed by atoms with E-state index in [0.717, 1.165) is 40.0 Å². The summed E-state index contributed by atoms with van der Waals surface area (Å²) in [4.78, 5) is 12.0. The standard InChI is InChI=1S/C30H37AsN4O2S/c31-28-27-26(22-2-1-3-25(16-22)36-19-30-10-8-24(37-30)9-11-30)18-35(29(27)33-20-32-28)23-6-4-21(5-7-23)17-34-12-14-38-15-13-34/h1-3,16,18,20-21,23-24H,4-15,17,19H2. The molecule has 1 saturated carbocycles. The molecule has 2 aromatic heterocycles. The van der Waals surface area contributed by atoms with Crippen molar-refractivity contribution < 1.29 is 9.47 Å². The Morgan fingerprint density at radius 1 is 1.05 bits per heavy atom. The molecular weight excluding hydrogens is 555 g/mol. The Labute approximate surface area is 238 Å². The average Bonchev–Trinajstić information content (AvgIpc) is 3.68. The van der Waals surface area contributed by atoms with Gasteiger partial charge in [-0.3, -0.25) is 0 Å². The van der Waals surface area contributed by atoms with E-state index in [4.69, 9.17) is 14.5 Å². The van der Waals surface area contributed by atoms with Crippen LogP contribution in [0.1, 0.15) is 57.4 Å². The molecule has 4 fully saturated rings. The van der Waals surface area contributed by atoms with E-state index < -0.39 is 0 Å². The number of hydrogen-bond acceptors (Lipinski definition) is 6. The van der Waals surface area contributed by atoms with E-state index in [-0.39, 0.29) is 5.60 Å². The zero-order valence-corrected chi connectivity index (χ0v) is 24.7. The van der Waals surface area contributed by atoms with Crippen LogP contribution in [-0.2, 0) is 4.74 Å². The van der Waals surface area contributed by atoms with Gasteiger partial charge < -0.3 is 0 Å². The van der Waals surface area contributed by atoms with Crippen molar-refractivity contribution in [1.29, 1.82) is 0 Å². The van der Waals surface area contributed by atoms with Gasteiger partial charge in [-0.1, -0.05) is 0 Å². The minimum atomic E-state index is -0.0651. The van der Waals surface area contributed by atoms with Crippen LogP contribution in [0.4, 0.5) is 0 Å². The number of hydrogen-bond donors (Lipinski definition) is 0. The number of fused-ring (bicyclic) bond motifs is 3. The third-order valence-corrected chi connectivity index (χ3v) is 11.0. The molecule has 38 heavy (non-hydrogen) atoms. The summed E-state index contributed by atoms with van der Waals surface area (Å²) in [6.07, 6.45) is 14.2. The number of benzene rings is 1. The third-order valence-electron chi connectivity index (χ3n) is 9.33. The van der Waals surface area contributed by atoms with E-state index >= 15 is 0 Å². The second kappa shape index (κ2) is 10.8. The molecule has 2 bridgehead atoms. The molecule has 0 amide bonds. The number of rotatable bonds is 7. The van der Waals surface area contributed by atoms with Crippen LogP contribution in [-0.4, -0.2) is 85.7 Å². The molecule has 3 aliphatic heterocycles. The first-order valence-corrected chi connectivity index (χ1v) is 16.5. The zero-order valence-electron chi connectivity index (χ0n) is 22.1. The topological polar surface area (TPSA) is 52.4 Å². The molecule has 0 N–H and O–H groups in total. The van der Waals surface area contributed by atoms with E-state index in [0.29, 0.717) is 18.8 Å². The van der Waals surface area contributed by atoms with Crippen molar-refractivity contribution in [2.24, 2.45) is 5.92 Å². The predicted molar refractivity (Wildman–Crippen MR) is 155 cm³/mol. The van der Waals surface area contributed by atoms with Gasteiger partial charge in [-0.2, -0.15) is 11.8 Å². The Hall–Kier alpha value is -1.53. The molecule has 3 aromatic rings. The molecule has 0 spiro atoms. The Balaban J connectivity index is 1.10. The van der Waals surface area contributed by atoms with Crippen LogP contribution in [0, 0.1) is 5.92 Å². The van der Waals surface area contributed by atoms with Gasteiger partial charge in [0, 0.05) is 0 Å². The molecule has 0 atom stereocenters. The molecular formula is C30H37AsN4O2S. The van der Waals surface area contributed by atoms with E-state index in [2.05, 4.69) is 73.5 Å². The van der Waals surface area contributed by atoms with E-state index in [9.17, 15) is 0 Å². The maximum atomic E-state index is 6.34. The summed E-state index contributed by atoms with van der Waals surface area (Å²) in [5.74, 6) is 4.34. The van der Waals surface area contributed by atoms with Crippen molar-refractivity contribution in [3.63, 3.8) is 0 Å². The molecule has 7 rings (SSSR count). The van der Waals surface area contributed by atoms with Gasteiger partial charge in [0.2, 0.25) is 0 Å². The molecule has 2 radical (unpaired) electrons. The van der Waals surface area contributed by atoms with Gasteiger partial charge in [0.25, 0.3) is 0 Å². The summed E-state index contributed by atoms with van der Waals surface area (Å²) in [5.41, 5.74) is 3.36. The molecule has 6 nitrogen and oxygen atoms in total. The van der Waals surface area contributed by atoms with Crippen LogP contribution < -0.4 is 9.22 Å². The molecule has 200 valence electrons. The van der Waals surface area contributed by atoms with Crippen molar-refractivity contribution in [1.82, 2.24) is 19.4 Å².